The molecule has 1 saturated carbocycles. The molecule has 1 fully saturated rings. The zero-order valence-corrected chi connectivity index (χ0v) is 12.7. The highest BCUT2D eigenvalue weighted by molar-refractivity contribution is 5.49. The summed E-state index contributed by atoms with van der Waals surface area (Å²) in [5.41, 5.74) is 1.59. The largest absolute Gasteiger partial charge is 0.389 e. The van der Waals surface area contributed by atoms with Gasteiger partial charge in [0.1, 0.15) is 5.82 Å². The van der Waals surface area contributed by atoms with Crippen LogP contribution in [0.5, 0.6) is 0 Å². The lowest BCUT2D eigenvalue weighted by molar-refractivity contribution is 0.0883. The van der Waals surface area contributed by atoms with Crippen LogP contribution in [-0.4, -0.2) is 40.1 Å². The van der Waals surface area contributed by atoms with Crippen LogP contribution in [0.15, 0.2) is 0 Å². The molecule has 0 unspecified atom stereocenters. The highest BCUT2D eigenvalue weighted by atomic mass is 16.3. The van der Waals surface area contributed by atoms with Crippen molar-refractivity contribution in [2.24, 2.45) is 7.05 Å². The van der Waals surface area contributed by atoms with Crippen molar-refractivity contribution >= 4 is 5.82 Å². The smallest absolute Gasteiger partial charge is 0.131 e. The second-order valence-corrected chi connectivity index (χ2v) is 6.33. The lowest BCUT2D eigenvalue weighted by Crippen LogP contribution is -2.37. The van der Waals surface area contributed by atoms with Gasteiger partial charge in [-0.25, -0.2) is 0 Å². The molecular formula is C14H26N4O. The molecule has 2 N–H and O–H groups in total. The maximum absolute atomic E-state index is 9.98. The van der Waals surface area contributed by atoms with Crippen LogP contribution >= 0.6 is 0 Å². The van der Waals surface area contributed by atoms with Crippen molar-refractivity contribution in [3.8, 4) is 0 Å². The number of nitrogens with zero attached hydrogens (tertiary/aromatic N) is 3. The summed E-state index contributed by atoms with van der Waals surface area (Å²) in [6.07, 6.45) is 2.57. The van der Waals surface area contributed by atoms with Crippen LogP contribution in [-0.2, 0) is 13.6 Å². The van der Waals surface area contributed by atoms with E-state index in [-0.39, 0.29) is 0 Å². The van der Waals surface area contributed by atoms with Gasteiger partial charge in [0.05, 0.1) is 11.3 Å². The number of anilines is 1. The fraction of sp³-hybridized carbons (Fsp3) is 0.786. The first kappa shape index (κ1) is 14.3. The summed E-state index contributed by atoms with van der Waals surface area (Å²) < 4.78 is 1.91. The van der Waals surface area contributed by atoms with Crippen LogP contribution < -0.4 is 10.2 Å². The molecule has 0 amide bonds. The van der Waals surface area contributed by atoms with E-state index < -0.39 is 5.60 Å². The third kappa shape index (κ3) is 3.70. The normalized spacial score (nSPS) is 15.9. The van der Waals surface area contributed by atoms with Crippen molar-refractivity contribution in [2.75, 3.05) is 18.5 Å². The van der Waals surface area contributed by atoms with E-state index in [2.05, 4.69) is 15.3 Å². The summed E-state index contributed by atoms with van der Waals surface area (Å²) in [5, 5.41) is 18.0. The van der Waals surface area contributed by atoms with E-state index in [1.54, 1.807) is 0 Å². The van der Waals surface area contributed by atoms with Crippen LogP contribution in [0.1, 0.15) is 37.9 Å². The summed E-state index contributed by atoms with van der Waals surface area (Å²) in [6.45, 7) is 7.15. The van der Waals surface area contributed by atoms with Crippen molar-refractivity contribution in [3.05, 3.63) is 11.3 Å². The van der Waals surface area contributed by atoms with Gasteiger partial charge in [0.15, 0.2) is 0 Å². The van der Waals surface area contributed by atoms with Gasteiger partial charge in [0.25, 0.3) is 0 Å². The first-order valence-electron chi connectivity index (χ1n) is 6.97. The van der Waals surface area contributed by atoms with Gasteiger partial charge in [0.2, 0.25) is 0 Å². The van der Waals surface area contributed by atoms with Gasteiger partial charge in [0, 0.05) is 38.8 Å². The van der Waals surface area contributed by atoms with Crippen molar-refractivity contribution in [2.45, 2.75) is 51.8 Å². The molecule has 108 valence electrons. The molecule has 0 atom stereocenters. The number of aromatic nitrogens is 2. The quantitative estimate of drug-likeness (QED) is 0.812. The van der Waals surface area contributed by atoms with Crippen molar-refractivity contribution in [1.29, 1.82) is 0 Å². The maximum Gasteiger partial charge on any atom is 0.131 e. The molecular weight excluding hydrogens is 240 g/mol. The average Bonchev–Trinajstić information content (AvgIpc) is 2.99. The maximum atomic E-state index is 9.98. The predicted molar refractivity (Wildman–Crippen MR) is 77.4 cm³/mol. The Labute approximate surface area is 115 Å². The third-order valence-corrected chi connectivity index (χ3v) is 3.44. The lowest BCUT2D eigenvalue weighted by atomic mass is 10.1. The Kier molecular flexibility index (Phi) is 3.87. The Hall–Kier alpha value is -1.07. The minimum absolute atomic E-state index is 0.586. The number of rotatable bonds is 6. The van der Waals surface area contributed by atoms with Gasteiger partial charge in [-0.15, -0.1) is 0 Å². The second kappa shape index (κ2) is 5.13. The third-order valence-electron chi connectivity index (χ3n) is 3.44. The van der Waals surface area contributed by atoms with Crippen molar-refractivity contribution in [1.82, 2.24) is 15.1 Å². The summed E-state index contributed by atoms with van der Waals surface area (Å²) in [5.74, 6) is 1.09. The molecule has 1 aromatic rings. The molecule has 1 aliphatic rings. The van der Waals surface area contributed by atoms with Crippen molar-refractivity contribution in [3.63, 3.8) is 0 Å². The molecule has 1 aliphatic carbocycles. The fourth-order valence-corrected chi connectivity index (χ4v) is 2.56. The molecule has 0 spiro atoms. The fourth-order valence-electron chi connectivity index (χ4n) is 2.56. The Morgan fingerprint density at radius 1 is 1.47 bits per heavy atom. The molecule has 0 radical (unpaired) electrons. The van der Waals surface area contributed by atoms with E-state index in [1.165, 1.54) is 18.4 Å². The molecule has 5 heteroatoms. The lowest BCUT2D eigenvalue weighted by Gasteiger charge is -2.28. The summed E-state index contributed by atoms with van der Waals surface area (Å²) in [6, 6.07) is 0.687. The van der Waals surface area contributed by atoms with Crippen LogP contribution in [0.2, 0.25) is 0 Å². The zero-order chi connectivity index (χ0) is 14.2. The van der Waals surface area contributed by atoms with Crippen LogP contribution in [0.3, 0.4) is 0 Å². The van der Waals surface area contributed by atoms with Gasteiger partial charge >= 0.3 is 0 Å². The molecule has 0 aliphatic heterocycles. The molecule has 0 aromatic carbocycles. The van der Waals surface area contributed by atoms with E-state index in [4.69, 9.17) is 0 Å². The molecule has 1 heterocycles. The number of aliphatic hydroxyl groups is 1. The minimum Gasteiger partial charge on any atom is -0.389 e. The second-order valence-electron chi connectivity index (χ2n) is 6.33. The number of hydrogen-bond acceptors (Lipinski definition) is 4. The van der Waals surface area contributed by atoms with Crippen LogP contribution in [0.4, 0.5) is 5.82 Å². The Balaban J connectivity index is 2.16. The Morgan fingerprint density at radius 3 is 2.63 bits per heavy atom. The first-order valence-corrected chi connectivity index (χ1v) is 6.97. The van der Waals surface area contributed by atoms with Gasteiger partial charge in [-0.2, -0.15) is 5.10 Å². The Morgan fingerprint density at radius 2 is 2.11 bits per heavy atom. The number of nitrogens with one attached hydrogen (secondary N) is 1. The molecule has 19 heavy (non-hydrogen) atoms. The van der Waals surface area contributed by atoms with E-state index in [1.807, 2.05) is 39.5 Å². The highest BCUT2D eigenvalue weighted by Crippen LogP contribution is 2.25. The number of hydrogen-bond donors (Lipinski definition) is 2. The van der Waals surface area contributed by atoms with Crippen LogP contribution in [0, 0.1) is 6.92 Å². The molecule has 5 nitrogen and oxygen atoms in total. The number of aryl methyl sites for hydroxylation is 2. The minimum atomic E-state index is -0.714. The van der Waals surface area contributed by atoms with Gasteiger partial charge in [-0.1, -0.05) is 0 Å². The van der Waals surface area contributed by atoms with Gasteiger partial charge in [-0.3, -0.25) is 4.68 Å². The standard InChI is InChI=1S/C14H26N4O/c1-10-12(8-15-11-6-7-11)13(18(5)16-10)17(4)9-14(2,3)19/h11,15,19H,6-9H2,1-5H3. The first-order chi connectivity index (χ1) is 8.78. The van der Waals surface area contributed by atoms with Crippen LogP contribution in [0.25, 0.3) is 0 Å². The summed E-state index contributed by atoms with van der Waals surface area (Å²) in [4.78, 5) is 2.09. The van der Waals surface area contributed by atoms with Crippen molar-refractivity contribution < 1.29 is 5.11 Å². The van der Waals surface area contributed by atoms with E-state index >= 15 is 0 Å². The molecule has 2 rings (SSSR count). The van der Waals surface area contributed by atoms with E-state index in [9.17, 15) is 5.11 Å². The Bertz CT molecular complexity index is 443. The SMILES string of the molecule is Cc1nn(C)c(N(C)CC(C)(C)O)c1CNC1CC1. The monoisotopic (exact) mass is 266 g/mol. The van der Waals surface area contributed by atoms with Gasteiger partial charge in [-0.05, 0) is 33.6 Å². The molecule has 0 bridgehead atoms. The molecule has 1 aromatic heterocycles. The number of likely N-dealkylation sites (N-methyl/N-ethyl adjacent to an activating group) is 1. The van der Waals surface area contributed by atoms with E-state index in [0.717, 1.165) is 18.1 Å². The zero-order valence-electron chi connectivity index (χ0n) is 12.7. The summed E-state index contributed by atoms with van der Waals surface area (Å²) in [7, 11) is 3.97. The predicted octanol–water partition coefficient (Wildman–Crippen LogP) is 1.19. The highest BCUT2D eigenvalue weighted by Gasteiger charge is 2.25. The average molecular weight is 266 g/mol. The van der Waals surface area contributed by atoms with Gasteiger partial charge < -0.3 is 15.3 Å². The van der Waals surface area contributed by atoms with E-state index in [0.29, 0.717) is 12.6 Å². The topological polar surface area (TPSA) is 53.3 Å². The molecule has 0 saturated heterocycles. The summed E-state index contributed by atoms with van der Waals surface area (Å²) >= 11 is 0.